The van der Waals surface area contributed by atoms with Crippen molar-refractivity contribution in [3.8, 4) is 0 Å². The van der Waals surface area contributed by atoms with Gasteiger partial charge in [-0.05, 0) is 30.3 Å². The van der Waals surface area contributed by atoms with Gasteiger partial charge >= 0.3 is 0 Å². The summed E-state index contributed by atoms with van der Waals surface area (Å²) in [5.74, 6) is -0.613. The molecular weight excluding hydrogens is 490 g/mol. The molecule has 0 unspecified atom stereocenters. The molecule has 30 heavy (non-hydrogen) atoms. The molecule has 0 saturated carbocycles. The summed E-state index contributed by atoms with van der Waals surface area (Å²) in [6.07, 6.45) is 1.47. The van der Waals surface area contributed by atoms with Gasteiger partial charge in [-0.3, -0.25) is 9.10 Å². The zero-order chi connectivity index (χ0) is 21.6. The SMILES string of the molecule is O=C(CN(c1ccccc1Cl)S(=O)(=O)c1ccccc1)N/N=C\c1ccccc1Br. The van der Waals surface area contributed by atoms with Crippen molar-refractivity contribution in [1.82, 2.24) is 5.43 Å². The van der Waals surface area contributed by atoms with E-state index in [1.807, 2.05) is 24.3 Å². The van der Waals surface area contributed by atoms with Crippen LogP contribution in [-0.2, 0) is 14.8 Å². The van der Waals surface area contributed by atoms with Gasteiger partial charge in [-0.2, -0.15) is 5.10 Å². The van der Waals surface area contributed by atoms with E-state index in [1.165, 1.54) is 18.3 Å². The zero-order valence-corrected chi connectivity index (χ0v) is 18.7. The van der Waals surface area contributed by atoms with Crippen LogP contribution in [0.5, 0.6) is 0 Å². The molecule has 6 nitrogen and oxygen atoms in total. The number of hydrogen-bond donors (Lipinski definition) is 1. The normalized spacial score (nSPS) is 11.4. The maximum atomic E-state index is 13.2. The highest BCUT2D eigenvalue weighted by atomic mass is 79.9. The van der Waals surface area contributed by atoms with E-state index < -0.39 is 22.5 Å². The van der Waals surface area contributed by atoms with Crippen molar-refractivity contribution in [2.75, 3.05) is 10.8 Å². The molecule has 0 saturated heterocycles. The molecule has 0 heterocycles. The number of para-hydroxylation sites is 1. The summed E-state index contributed by atoms with van der Waals surface area (Å²) in [6.45, 7) is -0.492. The van der Waals surface area contributed by atoms with Gasteiger partial charge in [-0.1, -0.05) is 76.1 Å². The van der Waals surface area contributed by atoms with E-state index in [0.717, 1.165) is 14.3 Å². The van der Waals surface area contributed by atoms with E-state index in [0.29, 0.717) is 0 Å². The van der Waals surface area contributed by atoms with E-state index in [1.54, 1.807) is 42.5 Å². The Morgan fingerprint density at radius 3 is 2.33 bits per heavy atom. The first-order valence-electron chi connectivity index (χ1n) is 8.78. The van der Waals surface area contributed by atoms with Gasteiger partial charge < -0.3 is 0 Å². The van der Waals surface area contributed by atoms with Crippen molar-refractivity contribution < 1.29 is 13.2 Å². The fourth-order valence-corrected chi connectivity index (χ4v) is 4.73. The van der Waals surface area contributed by atoms with Gasteiger partial charge in [0, 0.05) is 10.0 Å². The Morgan fingerprint density at radius 1 is 1.00 bits per heavy atom. The van der Waals surface area contributed by atoms with Crippen LogP contribution in [-0.4, -0.2) is 27.1 Å². The van der Waals surface area contributed by atoms with Gasteiger partial charge in [0.1, 0.15) is 6.54 Å². The zero-order valence-electron chi connectivity index (χ0n) is 15.6. The van der Waals surface area contributed by atoms with Gasteiger partial charge in [0.2, 0.25) is 0 Å². The molecule has 3 aromatic rings. The van der Waals surface area contributed by atoms with Crippen molar-refractivity contribution in [3.63, 3.8) is 0 Å². The van der Waals surface area contributed by atoms with Crippen molar-refractivity contribution in [1.29, 1.82) is 0 Å². The lowest BCUT2D eigenvalue weighted by atomic mass is 10.2. The van der Waals surface area contributed by atoms with E-state index >= 15 is 0 Å². The van der Waals surface area contributed by atoms with Crippen LogP contribution in [0.3, 0.4) is 0 Å². The quantitative estimate of drug-likeness (QED) is 0.380. The number of hydrogen-bond acceptors (Lipinski definition) is 4. The number of halogens is 2. The van der Waals surface area contributed by atoms with Crippen LogP contribution in [0, 0.1) is 0 Å². The monoisotopic (exact) mass is 505 g/mol. The van der Waals surface area contributed by atoms with Crippen LogP contribution < -0.4 is 9.73 Å². The van der Waals surface area contributed by atoms with Crippen molar-refractivity contribution in [2.24, 2.45) is 5.10 Å². The molecule has 1 N–H and O–H groups in total. The number of amides is 1. The smallest absolute Gasteiger partial charge is 0.264 e. The van der Waals surface area contributed by atoms with E-state index in [2.05, 4.69) is 26.5 Å². The van der Waals surface area contributed by atoms with Crippen molar-refractivity contribution in [3.05, 3.63) is 93.9 Å². The Hall–Kier alpha value is -2.68. The summed E-state index contributed by atoms with van der Waals surface area (Å²) in [6, 6.07) is 21.6. The lowest BCUT2D eigenvalue weighted by Gasteiger charge is -2.24. The molecule has 3 rings (SSSR count). The van der Waals surface area contributed by atoms with Gasteiger partial charge in [0.25, 0.3) is 15.9 Å². The van der Waals surface area contributed by atoms with E-state index in [9.17, 15) is 13.2 Å². The fourth-order valence-electron chi connectivity index (χ4n) is 2.59. The number of benzene rings is 3. The second-order valence-electron chi connectivity index (χ2n) is 6.09. The molecule has 0 radical (unpaired) electrons. The molecular formula is C21H17BrClN3O3S. The Bertz CT molecular complexity index is 1170. The summed E-state index contributed by atoms with van der Waals surface area (Å²) in [5.41, 5.74) is 3.33. The minimum Gasteiger partial charge on any atom is -0.271 e. The van der Waals surface area contributed by atoms with Gasteiger partial charge in [-0.25, -0.2) is 13.8 Å². The van der Waals surface area contributed by atoms with Crippen LogP contribution in [0.4, 0.5) is 5.69 Å². The predicted molar refractivity (Wildman–Crippen MR) is 122 cm³/mol. The number of carbonyl (C=O) groups excluding carboxylic acids is 1. The van der Waals surface area contributed by atoms with Crippen LogP contribution in [0.25, 0.3) is 0 Å². The second-order valence-corrected chi connectivity index (χ2v) is 9.21. The lowest BCUT2D eigenvalue weighted by Crippen LogP contribution is -2.39. The number of anilines is 1. The first-order chi connectivity index (χ1) is 14.4. The van der Waals surface area contributed by atoms with Crippen LogP contribution in [0.1, 0.15) is 5.56 Å². The topological polar surface area (TPSA) is 78.8 Å². The Kier molecular flexibility index (Phi) is 7.25. The predicted octanol–water partition coefficient (Wildman–Crippen LogP) is 4.45. The third-order valence-electron chi connectivity index (χ3n) is 4.04. The van der Waals surface area contributed by atoms with Crippen molar-refractivity contribution in [2.45, 2.75) is 4.90 Å². The van der Waals surface area contributed by atoms with Crippen LogP contribution in [0.15, 0.2) is 93.3 Å². The molecule has 154 valence electrons. The molecule has 3 aromatic carbocycles. The highest BCUT2D eigenvalue weighted by molar-refractivity contribution is 9.10. The molecule has 0 bridgehead atoms. The Balaban J connectivity index is 1.85. The molecule has 0 fully saturated rings. The molecule has 9 heteroatoms. The first kappa shape index (κ1) is 22.0. The summed E-state index contributed by atoms with van der Waals surface area (Å²) >= 11 is 9.61. The highest BCUT2D eigenvalue weighted by Gasteiger charge is 2.28. The minimum atomic E-state index is -4.03. The largest absolute Gasteiger partial charge is 0.271 e. The third-order valence-corrected chi connectivity index (χ3v) is 6.85. The summed E-state index contributed by atoms with van der Waals surface area (Å²) < 4.78 is 28.2. The maximum absolute atomic E-state index is 13.2. The average Bonchev–Trinajstić information content (AvgIpc) is 2.74. The molecule has 0 aliphatic heterocycles. The third kappa shape index (κ3) is 5.27. The molecule has 0 aromatic heterocycles. The standard InChI is InChI=1S/C21H17BrClN3O3S/c22-18-11-5-4-8-16(18)14-24-25-21(27)15-26(20-13-7-6-12-19(20)23)30(28,29)17-9-2-1-3-10-17/h1-14H,15H2,(H,25,27)/b24-14-. The maximum Gasteiger partial charge on any atom is 0.264 e. The van der Waals surface area contributed by atoms with Gasteiger partial charge in [0.05, 0.1) is 21.8 Å². The average molecular weight is 507 g/mol. The number of nitrogens with one attached hydrogen (secondary N) is 1. The second kappa shape index (κ2) is 9.88. The lowest BCUT2D eigenvalue weighted by molar-refractivity contribution is -0.119. The molecule has 0 atom stereocenters. The van der Waals surface area contributed by atoms with E-state index in [4.69, 9.17) is 11.6 Å². The number of sulfonamides is 1. The Morgan fingerprint density at radius 2 is 1.63 bits per heavy atom. The van der Waals surface area contributed by atoms with Crippen LogP contribution in [0.2, 0.25) is 5.02 Å². The summed E-state index contributed by atoms with van der Waals surface area (Å²) in [7, 11) is -4.03. The number of hydrazone groups is 1. The summed E-state index contributed by atoms with van der Waals surface area (Å²) in [4.78, 5) is 12.6. The van der Waals surface area contributed by atoms with Crippen molar-refractivity contribution >= 4 is 55.4 Å². The number of carbonyl (C=O) groups is 1. The first-order valence-corrected chi connectivity index (χ1v) is 11.4. The molecule has 0 spiro atoms. The number of rotatable bonds is 7. The Labute approximate surface area is 188 Å². The summed E-state index contributed by atoms with van der Waals surface area (Å²) in [5, 5.41) is 4.13. The van der Waals surface area contributed by atoms with E-state index in [-0.39, 0.29) is 15.6 Å². The number of nitrogens with zero attached hydrogens (tertiary/aromatic N) is 2. The molecule has 0 aliphatic rings. The van der Waals surface area contributed by atoms with Gasteiger partial charge in [-0.15, -0.1) is 0 Å². The highest BCUT2D eigenvalue weighted by Crippen LogP contribution is 2.30. The molecule has 1 amide bonds. The molecule has 0 aliphatic carbocycles. The fraction of sp³-hybridized carbons (Fsp3) is 0.0476. The van der Waals surface area contributed by atoms with Gasteiger partial charge in [0.15, 0.2) is 0 Å². The van der Waals surface area contributed by atoms with Crippen LogP contribution >= 0.6 is 27.5 Å². The minimum absolute atomic E-state index is 0.0504.